The van der Waals surface area contributed by atoms with E-state index in [4.69, 9.17) is 0 Å². The molecule has 3 rings (SSSR count). The normalized spacial score (nSPS) is 17.0. The van der Waals surface area contributed by atoms with Gasteiger partial charge in [-0.05, 0) is 75.9 Å². The van der Waals surface area contributed by atoms with Gasteiger partial charge in [0.2, 0.25) is 0 Å². The highest BCUT2D eigenvalue weighted by molar-refractivity contribution is 5.98. The Balaban J connectivity index is 0.000000785. The Kier molecular flexibility index (Phi) is 11.0. The molecule has 4 heteroatoms. The van der Waals surface area contributed by atoms with Gasteiger partial charge in [-0.1, -0.05) is 48.9 Å². The number of likely N-dealkylation sites (tertiary alicyclic amines) is 1. The van der Waals surface area contributed by atoms with E-state index in [1.54, 1.807) is 0 Å². The van der Waals surface area contributed by atoms with E-state index in [0.29, 0.717) is 18.8 Å². The third-order valence-corrected chi connectivity index (χ3v) is 5.90. The third kappa shape index (κ3) is 8.66. The van der Waals surface area contributed by atoms with Crippen molar-refractivity contribution in [3.05, 3.63) is 65.3 Å². The molecule has 1 aromatic rings. The second-order valence-corrected chi connectivity index (χ2v) is 8.27. The molecule has 0 amide bonds. The molecule has 0 atom stereocenters. The number of rotatable bonds is 8. The van der Waals surface area contributed by atoms with Crippen molar-refractivity contribution in [2.75, 3.05) is 32.0 Å². The van der Waals surface area contributed by atoms with Gasteiger partial charge in [0, 0.05) is 31.1 Å². The molecule has 1 aliphatic heterocycles. The Morgan fingerprint density at radius 2 is 1.94 bits per heavy atom. The summed E-state index contributed by atoms with van der Waals surface area (Å²) in [5.74, 6) is 0.946. The van der Waals surface area contributed by atoms with Gasteiger partial charge in [0.15, 0.2) is 5.78 Å². The second kappa shape index (κ2) is 13.8. The van der Waals surface area contributed by atoms with Gasteiger partial charge in [-0.2, -0.15) is 0 Å². The van der Waals surface area contributed by atoms with Crippen LogP contribution in [-0.2, 0) is 9.59 Å². The molecule has 168 valence electrons. The number of nitrogens with zero attached hydrogens (tertiary/aromatic N) is 1. The monoisotopic (exact) mass is 422 g/mol. The fourth-order valence-corrected chi connectivity index (χ4v) is 3.98. The van der Waals surface area contributed by atoms with Crippen LogP contribution in [0.4, 0.5) is 5.69 Å². The Bertz CT molecular complexity index is 799. The summed E-state index contributed by atoms with van der Waals surface area (Å²) < 4.78 is 0. The van der Waals surface area contributed by atoms with E-state index in [1.807, 2.05) is 26.1 Å². The lowest BCUT2D eigenvalue weighted by atomic mass is 9.89. The van der Waals surface area contributed by atoms with Crippen LogP contribution >= 0.6 is 0 Å². The van der Waals surface area contributed by atoms with E-state index in [2.05, 4.69) is 53.6 Å². The number of carbonyl (C=O) groups is 2. The zero-order valence-corrected chi connectivity index (χ0v) is 19.4. The van der Waals surface area contributed by atoms with Crippen molar-refractivity contribution < 1.29 is 9.59 Å². The lowest BCUT2D eigenvalue weighted by Gasteiger charge is -2.32. The van der Waals surface area contributed by atoms with Gasteiger partial charge in [-0.3, -0.25) is 4.79 Å². The third-order valence-electron chi connectivity index (χ3n) is 5.90. The molecule has 1 fully saturated rings. The summed E-state index contributed by atoms with van der Waals surface area (Å²) in [4.78, 5) is 24.1. The van der Waals surface area contributed by atoms with Gasteiger partial charge in [-0.15, -0.1) is 0 Å². The van der Waals surface area contributed by atoms with E-state index in [1.165, 1.54) is 29.7 Å². The molecule has 1 aromatic carbocycles. The predicted molar refractivity (Wildman–Crippen MR) is 131 cm³/mol. The zero-order chi connectivity index (χ0) is 22.5. The molecule has 1 heterocycles. The first-order valence-corrected chi connectivity index (χ1v) is 11.6. The molecule has 0 unspecified atom stereocenters. The summed E-state index contributed by atoms with van der Waals surface area (Å²) in [5.41, 5.74) is 4.76. The summed E-state index contributed by atoms with van der Waals surface area (Å²) >= 11 is 0. The van der Waals surface area contributed by atoms with Crippen LogP contribution in [0.25, 0.3) is 0 Å². The molecule has 0 bridgehead atoms. The maximum Gasteiger partial charge on any atom is 0.162 e. The maximum absolute atomic E-state index is 12.4. The number of carbonyl (C=O) groups excluding carboxylic acids is 2. The summed E-state index contributed by atoms with van der Waals surface area (Å²) in [5, 5.41) is 3.23. The molecule has 1 aliphatic carbocycles. The van der Waals surface area contributed by atoms with Gasteiger partial charge in [0.25, 0.3) is 0 Å². The molecule has 1 saturated heterocycles. The van der Waals surface area contributed by atoms with E-state index in [-0.39, 0.29) is 5.78 Å². The van der Waals surface area contributed by atoms with E-state index >= 15 is 0 Å². The minimum absolute atomic E-state index is 0.285. The van der Waals surface area contributed by atoms with Crippen LogP contribution in [-0.4, -0.2) is 43.7 Å². The standard InChI is InChI=1S/C24H32N2O.C3H6O/c1-19-6-3-7-21(12-11-19)24(27)10-5-15-26-16-13-20(14-17-26)22-8-4-9-23(18-22)25-2;1-2-3-4/h4,6-9,11-12,18,20,25H,3,5,10,13-17H2,1-2H3;3H,2H2,1H3. The van der Waals surface area contributed by atoms with Gasteiger partial charge >= 0.3 is 0 Å². The number of allylic oxidation sites excluding steroid dienone is 6. The molecular weight excluding hydrogens is 384 g/mol. The smallest absolute Gasteiger partial charge is 0.162 e. The number of hydrogen-bond acceptors (Lipinski definition) is 4. The second-order valence-electron chi connectivity index (χ2n) is 8.27. The molecule has 0 aromatic heterocycles. The number of aldehydes is 1. The first-order chi connectivity index (χ1) is 15.1. The lowest BCUT2D eigenvalue weighted by molar-refractivity contribution is -0.115. The van der Waals surface area contributed by atoms with Crippen molar-refractivity contribution in [1.82, 2.24) is 4.90 Å². The number of piperidine rings is 1. The number of Topliss-reactive ketones (excluding diaryl/α,β-unsaturated/α-hetero) is 1. The number of nitrogens with one attached hydrogen (secondary N) is 1. The topological polar surface area (TPSA) is 49.4 Å². The van der Waals surface area contributed by atoms with Crippen LogP contribution in [0.2, 0.25) is 0 Å². The number of anilines is 1. The predicted octanol–water partition coefficient (Wildman–Crippen LogP) is 5.68. The van der Waals surface area contributed by atoms with Crippen LogP contribution in [0.3, 0.4) is 0 Å². The average Bonchev–Trinajstić information content (AvgIpc) is 3.04. The molecule has 1 N–H and O–H groups in total. The molecule has 0 radical (unpaired) electrons. The van der Waals surface area contributed by atoms with Gasteiger partial charge in [-0.25, -0.2) is 0 Å². The Hall–Kier alpha value is -2.46. The number of benzene rings is 1. The molecule has 2 aliphatic rings. The minimum atomic E-state index is 0.285. The highest BCUT2D eigenvalue weighted by atomic mass is 16.1. The van der Waals surface area contributed by atoms with Crippen molar-refractivity contribution >= 4 is 17.8 Å². The van der Waals surface area contributed by atoms with Gasteiger partial charge in [0.1, 0.15) is 6.29 Å². The van der Waals surface area contributed by atoms with Crippen LogP contribution in [0.15, 0.2) is 59.7 Å². The van der Waals surface area contributed by atoms with Crippen LogP contribution in [0, 0.1) is 0 Å². The van der Waals surface area contributed by atoms with Crippen LogP contribution in [0.1, 0.15) is 63.9 Å². The zero-order valence-electron chi connectivity index (χ0n) is 19.4. The summed E-state index contributed by atoms with van der Waals surface area (Å²) in [7, 11) is 1.97. The quantitative estimate of drug-likeness (QED) is 0.547. The fourth-order valence-electron chi connectivity index (χ4n) is 3.98. The number of hydrogen-bond donors (Lipinski definition) is 1. The maximum atomic E-state index is 12.4. The van der Waals surface area contributed by atoms with Gasteiger partial charge in [0.05, 0.1) is 0 Å². The SMILES string of the molecule is CCC=O.CNc1cccc(C2CCN(CCCC(=O)C3=CCC=C(C)C=C3)CC2)c1. The Morgan fingerprint density at radius 3 is 2.61 bits per heavy atom. The molecule has 4 nitrogen and oxygen atoms in total. The van der Waals surface area contributed by atoms with Crippen LogP contribution in [0.5, 0.6) is 0 Å². The average molecular weight is 423 g/mol. The Morgan fingerprint density at radius 1 is 1.19 bits per heavy atom. The minimum Gasteiger partial charge on any atom is -0.388 e. The summed E-state index contributed by atoms with van der Waals surface area (Å²) in [6.45, 7) is 7.19. The van der Waals surface area contributed by atoms with Crippen LogP contribution < -0.4 is 5.32 Å². The van der Waals surface area contributed by atoms with Crippen molar-refractivity contribution in [3.8, 4) is 0 Å². The molecule has 0 saturated carbocycles. The summed E-state index contributed by atoms with van der Waals surface area (Å²) in [6.07, 6.45) is 14.6. The van der Waals surface area contributed by atoms with Crippen molar-refractivity contribution in [2.24, 2.45) is 0 Å². The van der Waals surface area contributed by atoms with Crippen molar-refractivity contribution in [2.45, 2.75) is 58.3 Å². The first kappa shape index (κ1) is 24.8. The highest BCUT2D eigenvalue weighted by Gasteiger charge is 2.20. The van der Waals surface area contributed by atoms with E-state index < -0.39 is 0 Å². The van der Waals surface area contributed by atoms with Crippen molar-refractivity contribution in [3.63, 3.8) is 0 Å². The van der Waals surface area contributed by atoms with E-state index in [9.17, 15) is 9.59 Å². The highest BCUT2D eigenvalue weighted by Crippen LogP contribution is 2.29. The van der Waals surface area contributed by atoms with Gasteiger partial charge < -0.3 is 15.0 Å². The lowest BCUT2D eigenvalue weighted by Crippen LogP contribution is -2.33. The largest absolute Gasteiger partial charge is 0.388 e. The Labute approximate surface area is 188 Å². The summed E-state index contributed by atoms with van der Waals surface area (Å²) in [6, 6.07) is 8.80. The first-order valence-electron chi connectivity index (χ1n) is 11.6. The molecule has 0 spiro atoms. The molecular formula is C27H38N2O2. The molecule has 31 heavy (non-hydrogen) atoms. The van der Waals surface area contributed by atoms with E-state index in [0.717, 1.165) is 44.3 Å². The van der Waals surface area contributed by atoms with Crippen molar-refractivity contribution in [1.29, 1.82) is 0 Å². The fraction of sp³-hybridized carbons (Fsp3) is 0.481. The number of ketones is 1.